The molecule has 1 amide bonds. The van der Waals surface area contributed by atoms with Crippen molar-refractivity contribution in [1.29, 1.82) is 0 Å². The van der Waals surface area contributed by atoms with Gasteiger partial charge in [0.15, 0.2) is 0 Å². The number of aryl methyl sites for hydroxylation is 2. The first-order valence-electron chi connectivity index (χ1n) is 8.96. The van der Waals surface area contributed by atoms with E-state index >= 15 is 0 Å². The number of nitrogens with one attached hydrogen (secondary N) is 1. The molecule has 1 fully saturated rings. The first-order chi connectivity index (χ1) is 12.8. The Bertz CT molecular complexity index is 922. The molecule has 0 saturated carbocycles. The topological polar surface area (TPSA) is 66.5 Å². The van der Waals surface area contributed by atoms with Crippen LogP contribution in [0, 0.1) is 13.8 Å². The highest BCUT2D eigenvalue weighted by Crippen LogP contribution is 2.21. The molecule has 5 nitrogen and oxygen atoms in total. The number of piperidine rings is 1. The van der Waals surface area contributed by atoms with Crippen molar-refractivity contribution in [2.45, 2.75) is 37.6 Å². The molecule has 0 radical (unpaired) electrons. The third-order valence-corrected chi connectivity index (χ3v) is 7.50. The van der Waals surface area contributed by atoms with Gasteiger partial charge in [-0.2, -0.15) is 4.31 Å². The van der Waals surface area contributed by atoms with Gasteiger partial charge in [0.05, 0.1) is 4.90 Å². The van der Waals surface area contributed by atoms with Gasteiger partial charge >= 0.3 is 0 Å². The van der Waals surface area contributed by atoms with Crippen LogP contribution in [0.2, 0.25) is 0 Å². The average molecular weight is 405 g/mol. The summed E-state index contributed by atoms with van der Waals surface area (Å²) in [5.74, 6) is -0.138. The maximum absolute atomic E-state index is 12.7. The lowest BCUT2D eigenvalue weighted by molar-refractivity contribution is -0.117. The van der Waals surface area contributed by atoms with Crippen molar-refractivity contribution in [1.82, 2.24) is 9.62 Å². The van der Waals surface area contributed by atoms with E-state index in [0.29, 0.717) is 30.8 Å². The van der Waals surface area contributed by atoms with Crippen molar-refractivity contribution in [2.24, 2.45) is 0 Å². The molecule has 0 aliphatic carbocycles. The second kappa shape index (κ2) is 8.37. The van der Waals surface area contributed by atoms with E-state index < -0.39 is 10.0 Å². The van der Waals surface area contributed by atoms with E-state index in [2.05, 4.69) is 5.32 Å². The first-order valence-corrected chi connectivity index (χ1v) is 11.2. The van der Waals surface area contributed by atoms with Crippen molar-refractivity contribution >= 4 is 33.3 Å². The molecular weight excluding hydrogens is 380 g/mol. The van der Waals surface area contributed by atoms with Crippen LogP contribution in [0.25, 0.3) is 6.08 Å². The maximum atomic E-state index is 12.7. The van der Waals surface area contributed by atoms with Crippen molar-refractivity contribution < 1.29 is 13.2 Å². The predicted octanol–water partition coefficient (Wildman–Crippen LogP) is 3.35. The van der Waals surface area contributed by atoms with Crippen molar-refractivity contribution in [2.75, 3.05) is 13.1 Å². The fraction of sp³-hybridized carbons (Fsp3) is 0.350. The van der Waals surface area contributed by atoms with Gasteiger partial charge in [-0.05, 0) is 57.0 Å². The monoisotopic (exact) mass is 404 g/mol. The minimum atomic E-state index is -3.47. The van der Waals surface area contributed by atoms with Gasteiger partial charge in [-0.15, -0.1) is 11.3 Å². The van der Waals surface area contributed by atoms with Crippen LogP contribution in [0.15, 0.2) is 47.4 Å². The summed E-state index contributed by atoms with van der Waals surface area (Å²) in [5.41, 5.74) is 1.03. The average Bonchev–Trinajstić information content (AvgIpc) is 3.06. The summed E-state index contributed by atoms with van der Waals surface area (Å²) in [5, 5.41) is 2.97. The highest BCUT2D eigenvalue weighted by Gasteiger charge is 2.29. The van der Waals surface area contributed by atoms with Gasteiger partial charge in [0.25, 0.3) is 0 Å². The Morgan fingerprint density at radius 1 is 1.11 bits per heavy atom. The van der Waals surface area contributed by atoms with Crippen LogP contribution < -0.4 is 5.32 Å². The summed E-state index contributed by atoms with van der Waals surface area (Å²) in [6, 6.07) is 10.9. The van der Waals surface area contributed by atoms with Gasteiger partial charge in [0.1, 0.15) is 0 Å². The fourth-order valence-corrected chi connectivity index (χ4v) is 5.30. The summed E-state index contributed by atoms with van der Waals surface area (Å²) in [6.45, 7) is 4.78. The van der Waals surface area contributed by atoms with Crippen LogP contribution in [-0.2, 0) is 14.8 Å². The van der Waals surface area contributed by atoms with Crippen molar-refractivity contribution in [3.05, 3.63) is 57.8 Å². The van der Waals surface area contributed by atoms with E-state index in [1.54, 1.807) is 41.7 Å². The lowest BCUT2D eigenvalue weighted by Gasteiger charge is -2.31. The molecule has 0 unspecified atom stereocenters. The van der Waals surface area contributed by atoms with Crippen LogP contribution in [-0.4, -0.2) is 37.8 Å². The number of hydrogen-bond acceptors (Lipinski definition) is 4. The first kappa shape index (κ1) is 19.8. The molecule has 2 aromatic rings. The number of carbonyl (C=O) groups excluding carboxylic acids is 1. The Labute approximate surface area is 164 Å². The number of rotatable bonds is 5. The van der Waals surface area contributed by atoms with Gasteiger partial charge in [0, 0.05) is 35.0 Å². The molecule has 1 aromatic heterocycles. The van der Waals surface area contributed by atoms with Crippen molar-refractivity contribution in [3.8, 4) is 0 Å². The molecule has 2 heterocycles. The van der Waals surface area contributed by atoms with Crippen LogP contribution in [0.5, 0.6) is 0 Å². The zero-order valence-corrected chi connectivity index (χ0v) is 17.1. The van der Waals surface area contributed by atoms with E-state index in [0.717, 1.165) is 10.4 Å². The third-order valence-electron chi connectivity index (χ3n) is 4.62. The van der Waals surface area contributed by atoms with E-state index in [1.165, 1.54) is 9.18 Å². The lowest BCUT2D eigenvalue weighted by atomic mass is 10.1. The Morgan fingerprint density at radius 2 is 1.78 bits per heavy atom. The van der Waals surface area contributed by atoms with Gasteiger partial charge in [-0.25, -0.2) is 8.42 Å². The summed E-state index contributed by atoms with van der Waals surface area (Å²) < 4.78 is 26.9. The van der Waals surface area contributed by atoms with Gasteiger partial charge in [-0.3, -0.25) is 4.79 Å². The third kappa shape index (κ3) is 5.06. The predicted molar refractivity (Wildman–Crippen MR) is 109 cm³/mol. The number of benzene rings is 1. The number of amides is 1. The summed E-state index contributed by atoms with van der Waals surface area (Å²) >= 11 is 1.64. The standard InChI is InChI=1S/C20H24N2O3S2/c1-15-3-8-19(9-4-15)27(24,25)22-13-11-17(12-14-22)21-20(23)10-7-18-6-5-16(2)26-18/h3-10,17H,11-14H2,1-2H3,(H,21,23)/b10-7+. The highest BCUT2D eigenvalue weighted by molar-refractivity contribution is 7.89. The Kier molecular flexibility index (Phi) is 6.14. The Hall–Kier alpha value is -1.96. The SMILES string of the molecule is Cc1ccc(S(=O)(=O)N2CCC(NC(=O)/C=C/c3ccc(C)s3)CC2)cc1. The van der Waals surface area contributed by atoms with E-state index in [-0.39, 0.29) is 11.9 Å². The molecule has 0 atom stereocenters. The smallest absolute Gasteiger partial charge is 0.244 e. The largest absolute Gasteiger partial charge is 0.350 e. The summed E-state index contributed by atoms with van der Waals surface area (Å²) in [4.78, 5) is 14.7. The molecule has 27 heavy (non-hydrogen) atoms. The quantitative estimate of drug-likeness (QED) is 0.777. The molecule has 1 N–H and O–H groups in total. The molecule has 1 aliphatic rings. The minimum absolute atomic E-state index is 0.00307. The zero-order valence-electron chi connectivity index (χ0n) is 15.5. The molecule has 7 heteroatoms. The van der Waals surface area contributed by atoms with Crippen LogP contribution in [0.4, 0.5) is 0 Å². The zero-order chi connectivity index (χ0) is 19.4. The lowest BCUT2D eigenvalue weighted by Crippen LogP contribution is -2.46. The summed E-state index contributed by atoms with van der Waals surface area (Å²) in [7, 11) is -3.47. The summed E-state index contributed by atoms with van der Waals surface area (Å²) in [6.07, 6.45) is 4.58. The molecule has 1 aromatic carbocycles. The number of hydrogen-bond donors (Lipinski definition) is 1. The van der Waals surface area contributed by atoms with Crippen LogP contribution >= 0.6 is 11.3 Å². The van der Waals surface area contributed by atoms with Gasteiger partial charge < -0.3 is 5.32 Å². The Balaban J connectivity index is 1.53. The normalized spacial score (nSPS) is 16.7. The van der Waals surface area contributed by atoms with Crippen molar-refractivity contribution in [3.63, 3.8) is 0 Å². The second-order valence-corrected chi connectivity index (χ2v) is 10.0. The van der Waals surface area contributed by atoms with Crippen LogP contribution in [0.1, 0.15) is 28.2 Å². The van der Waals surface area contributed by atoms with Crippen LogP contribution in [0.3, 0.4) is 0 Å². The fourth-order valence-electron chi connectivity index (χ4n) is 3.05. The molecule has 0 bridgehead atoms. The Morgan fingerprint density at radius 3 is 2.37 bits per heavy atom. The van der Waals surface area contributed by atoms with E-state index in [9.17, 15) is 13.2 Å². The van der Waals surface area contributed by atoms with E-state index in [1.807, 2.05) is 32.1 Å². The second-order valence-electron chi connectivity index (χ2n) is 6.78. The number of sulfonamides is 1. The molecule has 144 valence electrons. The number of carbonyl (C=O) groups is 1. The highest BCUT2D eigenvalue weighted by atomic mass is 32.2. The molecule has 0 spiro atoms. The van der Waals surface area contributed by atoms with Gasteiger partial charge in [0.2, 0.25) is 15.9 Å². The number of thiophene rings is 1. The van der Waals surface area contributed by atoms with E-state index in [4.69, 9.17) is 0 Å². The maximum Gasteiger partial charge on any atom is 0.244 e. The van der Waals surface area contributed by atoms with Gasteiger partial charge in [-0.1, -0.05) is 17.7 Å². The molecule has 1 aliphatic heterocycles. The molecule has 3 rings (SSSR count). The number of nitrogens with zero attached hydrogens (tertiary/aromatic N) is 1. The molecule has 1 saturated heterocycles. The molecular formula is C20H24N2O3S2. The minimum Gasteiger partial charge on any atom is -0.350 e.